The zero-order chi connectivity index (χ0) is 18.4. The molecule has 2 aliphatic heterocycles. The third kappa shape index (κ3) is 2.91. The first-order chi connectivity index (χ1) is 13.2. The fraction of sp³-hybridized carbons (Fsp3) is 0.444. The second-order valence-corrected chi connectivity index (χ2v) is 7.85. The fourth-order valence-electron chi connectivity index (χ4n) is 3.99. The molecule has 27 heavy (non-hydrogen) atoms. The molecule has 1 spiro atoms. The Bertz CT molecular complexity index is 959. The number of aromatic nitrogens is 3. The Morgan fingerprint density at radius 1 is 1.22 bits per heavy atom. The minimum atomic E-state index is -0.489. The van der Waals surface area contributed by atoms with E-state index in [-0.39, 0.29) is 17.7 Å². The Balaban J connectivity index is 1.53. The van der Waals surface area contributed by atoms with Crippen LogP contribution in [-0.4, -0.2) is 56.7 Å². The molecule has 1 N–H and O–H groups in total. The number of aromatic hydroxyl groups is 1. The van der Waals surface area contributed by atoms with Gasteiger partial charge in [0.25, 0.3) is 0 Å². The maximum absolute atomic E-state index is 13.9. The summed E-state index contributed by atoms with van der Waals surface area (Å²) in [5, 5.41) is 14.8. The smallest absolute Gasteiger partial charge is 0.230 e. The van der Waals surface area contributed by atoms with Gasteiger partial charge in [-0.25, -0.2) is 9.37 Å². The quantitative estimate of drug-likeness (QED) is 0.741. The van der Waals surface area contributed by atoms with Gasteiger partial charge < -0.3 is 14.6 Å². The number of ether oxygens (including phenoxy) is 2. The molecule has 0 radical (unpaired) electrons. The Labute approximate surface area is 159 Å². The topological polar surface area (TPSA) is 72.1 Å². The van der Waals surface area contributed by atoms with Crippen molar-refractivity contribution in [2.24, 2.45) is 0 Å². The van der Waals surface area contributed by atoms with E-state index in [1.165, 1.54) is 34.3 Å². The van der Waals surface area contributed by atoms with E-state index in [0.717, 1.165) is 18.4 Å². The summed E-state index contributed by atoms with van der Waals surface area (Å²) in [5.74, 6) is -0.737. The van der Waals surface area contributed by atoms with Crippen molar-refractivity contribution in [1.29, 1.82) is 0 Å². The average Bonchev–Trinajstić information content (AvgIpc) is 3.37. The first-order valence-electron chi connectivity index (χ1n) is 8.94. The minimum Gasteiger partial charge on any atom is -0.492 e. The molecule has 1 atom stereocenters. The van der Waals surface area contributed by atoms with E-state index in [1.54, 1.807) is 6.07 Å². The molecule has 0 amide bonds. The monoisotopic (exact) mass is 390 g/mol. The number of hydrogen-bond donors (Lipinski definition) is 1. The summed E-state index contributed by atoms with van der Waals surface area (Å²) < 4.78 is 27.0. The molecule has 2 fully saturated rings. The molecule has 2 saturated heterocycles. The average molecular weight is 390 g/mol. The zero-order valence-corrected chi connectivity index (χ0v) is 15.4. The van der Waals surface area contributed by atoms with Gasteiger partial charge in [0.05, 0.1) is 24.1 Å². The minimum absolute atomic E-state index is 0.0513. The van der Waals surface area contributed by atoms with Crippen LogP contribution in [0.15, 0.2) is 30.6 Å². The molecule has 4 heterocycles. The fourth-order valence-corrected chi connectivity index (χ4v) is 5.08. The largest absolute Gasteiger partial charge is 0.492 e. The number of halogens is 1. The zero-order valence-electron chi connectivity index (χ0n) is 14.5. The number of piperidine rings is 1. The summed E-state index contributed by atoms with van der Waals surface area (Å²) in [6, 6.07) is 6.24. The van der Waals surface area contributed by atoms with Crippen molar-refractivity contribution in [3.05, 3.63) is 46.9 Å². The summed E-state index contributed by atoms with van der Waals surface area (Å²) in [5.41, 5.74) is 0.791. The second kappa shape index (κ2) is 6.52. The van der Waals surface area contributed by atoms with Gasteiger partial charge in [-0.05, 0) is 17.7 Å². The standard InChI is InChI=1S/C18H19FN4O3S/c19-13-3-1-2-12(10-13)14(15-16(24)23-17(27-15)20-11-21-23)22-6-4-18(5-7-22)25-8-9-26-18/h1-3,10-11,14,24H,4-9H2/t14-/m0/s1. The predicted molar refractivity (Wildman–Crippen MR) is 96.2 cm³/mol. The molecule has 2 aliphatic rings. The van der Waals surface area contributed by atoms with Gasteiger partial charge in [-0.2, -0.15) is 9.61 Å². The highest BCUT2D eigenvalue weighted by Crippen LogP contribution is 2.42. The predicted octanol–water partition coefficient (Wildman–Crippen LogP) is 2.56. The highest BCUT2D eigenvalue weighted by Gasteiger charge is 2.42. The van der Waals surface area contributed by atoms with E-state index in [4.69, 9.17) is 9.47 Å². The molecule has 0 unspecified atom stereocenters. The van der Waals surface area contributed by atoms with E-state index >= 15 is 0 Å². The van der Waals surface area contributed by atoms with E-state index in [2.05, 4.69) is 15.0 Å². The lowest BCUT2D eigenvalue weighted by Gasteiger charge is -2.41. The van der Waals surface area contributed by atoms with Crippen LogP contribution in [0, 0.1) is 5.82 Å². The van der Waals surface area contributed by atoms with Crippen LogP contribution in [-0.2, 0) is 9.47 Å². The molecule has 5 rings (SSSR count). The first kappa shape index (κ1) is 17.1. The molecule has 9 heteroatoms. The van der Waals surface area contributed by atoms with Crippen LogP contribution in [0.1, 0.15) is 29.3 Å². The van der Waals surface area contributed by atoms with Gasteiger partial charge in [0.15, 0.2) is 5.79 Å². The molecule has 142 valence electrons. The van der Waals surface area contributed by atoms with E-state index in [9.17, 15) is 9.50 Å². The Kier molecular flexibility index (Phi) is 4.12. The molecular formula is C18H19FN4O3S. The molecule has 3 aromatic rings. The van der Waals surface area contributed by atoms with Crippen LogP contribution in [0.4, 0.5) is 4.39 Å². The number of thiazole rings is 1. The molecule has 0 bridgehead atoms. The Morgan fingerprint density at radius 3 is 2.70 bits per heavy atom. The first-order valence-corrected chi connectivity index (χ1v) is 9.76. The third-order valence-corrected chi connectivity index (χ3v) is 6.38. The SMILES string of the molecule is Oc1c([C@H](c2cccc(F)c2)N2CCC3(CC2)OCCO3)sc2ncnn12. The summed E-state index contributed by atoms with van der Waals surface area (Å²) in [4.78, 5) is 7.73. The number of benzene rings is 1. The van der Waals surface area contributed by atoms with Crippen LogP contribution in [0.3, 0.4) is 0 Å². The van der Waals surface area contributed by atoms with Crippen molar-refractivity contribution >= 4 is 16.3 Å². The van der Waals surface area contributed by atoms with Gasteiger partial charge in [-0.1, -0.05) is 23.5 Å². The van der Waals surface area contributed by atoms with Crippen molar-refractivity contribution < 1.29 is 19.0 Å². The molecule has 0 aliphatic carbocycles. The van der Waals surface area contributed by atoms with Crippen molar-refractivity contribution in [3.8, 4) is 5.88 Å². The van der Waals surface area contributed by atoms with Gasteiger partial charge in [-0.3, -0.25) is 4.90 Å². The highest BCUT2D eigenvalue weighted by atomic mass is 32.1. The maximum Gasteiger partial charge on any atom is 0.230 e. The van der Waals surface area contributed by atoms with Crippen molar-refractivity contribution in [3.63, 3.8) is 0 Å². The van der Waals surface area contributed by atoms with Crippen LogP contribution in [0.5, 0.6) is 5.88 Å². The second-order valence-electron chi connectivity index (χ2n) is 6.85. The van der Waals surface area contributed by atoms with Crippen LogP contribution >= 0.6 is 11.3 Å². The number of fused-ring (bicyclic) bond motifs is 1. The van der Waals surface area contributed by atoms with Gasteiger partial charge in [-0.15, -0.1) is 0 Å². The number of nitrogens with zero attached hydrogens (tertiary/aromatic N) is 4. The lowest BCUT2D eigenvalue weighted by molar-refractivity contribution is -0.187. The van der Waals surface area contributed by atoms with Gasteiger partial charge in [0.1, 0.15) is 12.1 Å². The van der Waals surface area contributed by atoms with E-state index in [0.29, 0.717) is 36.1 Å². The summed E-state index contributed by atoms with van der Waals surface area (Å²) in [6.07, 6.45) is 2.88. The molecule has 0 saturated carbocycles. The summed E-state index contributed by atoms with van der Waals surface area (Å²) in [6.45, 7) is 2.69. The van der Waals surface area contributed by atoms with Crippen molar-refractivity contribution in [2.45, 2.75) is 24.7 Å². The van der Waals surface area contributed by atoms with Gasteiger partial charge in [0.2, 0.25) is 10.8 Å². The van der Waals surface area contributed by atoms with Crippen molar-refractivity contribution in [2.75, 3.05) is 26.3 Å². The lowest BCUT2D eigenvalue weighted by Crippen LogP contribution is -2.46. The Hall–Kier alpha value is -2.07. The summed E-state index contributed by atoms with van der Waals surface area (Å²) in [7, 11) is 0. The summed E-state index contributed by atoms with van der Waals surface area (Å²) >= 11 is 1.37. The Morgan fingerprint density at radius 2 is 2.00 bits per heavy atom. The normalized spacial score (nSPS) is 21.2. The number of likely N-dealkylation sites (tertiary alicyclic amines) is 1. The number of hydrogen-bond acceptors (Lipinski definition) is 7. The molecule has 1 aromatic carbocycles. The lowest BCUT2D eigenvalue weighted by atomic mass is 9.97. The highest BCUT2D eigenvalue weighted by molar-refractivity contribution is 7.17. The maximum atomic E-state index is 13.9. The molecule has 2 aromatic heterocycles. The van der Waals surface area contributed by atoms with Crippen LogP contribution in [0.2, 0.25) is 0 Å². The van der Waals surface area contributed by atoms with E-state index < -0.39 is 5.79 Å². The van der Waals surface area contributed by atoms with Gasteiger partial charge >= 0.3 is 0 Å². The van der Waals surface area contributed by atoms with Crippen molar-refractivity contribution in [1.82, 2.24) is 19.5 Å². The molecular weight excluding hydrogens is 371 g/mol. The third-order valence-electron chi connectivity index (χ3n) is 5.29. The van der Waals surface area contributed by atoms with Crippen LogP contribution in [0.25, 0.3) is 4.96 Å². The van der Waals surface area contributed by atoms with Gasteiger partial charge in [0, 0.05) is 25.9 Å². The molecule has 7 nitrogen and oxygen atoms in total. The van der Waals surface area contributed by atoms with Crippen LogP contribution < -0.4 is 0 Å². The number of rotatable bonds is 3. The van der Waals surface area contributed by atoms with E-state index in [1.807, 2.05) is 6.07 Å².